The van der Waals surface area contributed by atoms with E-state index in [1.807, 2.05) is 0 Å². The molecule has 0 spiro atoms. The predicted molar refractivity (Wildman–Crippen MR) is 101 cm³/mol. The fourth-order valence-corrected chi connectivity index (χ4v) is 3.09. The molecule has 4 rings (SSSR count). The molecule has 1 aliphatic rings. The number of phenolic OH excluding ortho intramolecular Hbond substituents is 1. The van der Waals surface area contributed by atoms with Crippen LogP contribution in [0.15, 0.2) is 57.9 Å². The molecule has 1 aliphatic heterocycles. The van der Waals surface area contributed by atoms with Crippen molar-refractivity contribution < 1.29 is 23.4 Å². The number of hydrogen-bond acceptors (Lipinski definition) is 5. The quantitative estimate of drug-likeness (QED) is 0.724. The highest BCUT2D eigenvalue weighted by atomic mass is 19.1. The lowest BCUT2D eigenvalue weighted by Gasteiger charge is -2.11. The number of nitrogens with zero attached hydrogens (tertiary/aromatic N) is 1. The summed E-state index contributed by atoms with van der Waals surface area (Å²) in [6.45, 7) is 1.11. The van der Waals surface area contributed by atoms with Gasteiger partial charge < -0.3 is 19.6 Å². The van der Waals surface area contributed by atoms with Crippen LogP contribution in [0.1, 0.15) is 23.2 Å². The van der Waals surface area contributed by atoms with E-state index < -0.39 is 0 Å². The van der Waals surface area contributed by atoms with Gasteiger partial charge in [-0.15, -0.1) is 0 Å². The van der Waals surface area contributed by atoms with Gasteiger partial charge in [0.15, 0.2) is 0 Å². The molecule has 0 bridgehead atoms. The summed E-state index contributed by atoms with van der Waals surface area (Å²) in [7, 11) is 0. The van der Waals surface area contributed by atoms with Crippen LogP contribution in [0, 0.1) is 5.82 Å². The maximum atomic E-state index is 13.2. The molecule has 1 unspecified atom stereocenters. The Morgan fingerprint density at radius 1 is 1.21 bits per heavy atom. The number of benzene rings is 2. The molecule has 6 nitrogen and oxygen atoms in total. The summed E-state index contributed by atoms with van der Waals surface area (Å²) in [5.74, 6) is -0.677. The summed E-state index contributed by atoms with van der Waals surface area (Å²) in [5.41, 5.74) is 1.16. The minimum absolute atomic E-state index is 0.00998. The number of halogens is 1. The molecule has 1 amide bonds. The number of phenols is 1. The maximum Gasteiger partial charge on any atom is 0.256 e. The van der Waals surface area contributed by atoms with Gasteiger partial charge in [0, 0.05) is 24.6 Å². The summed E-state index contributed by atoms with van der Waals surface area (Å²) in [6, 6.07) is 11.8. The fourth-order valence-electron chi connectivity index (χ4n) is 3.09. The number of carbonyl (C=O) groups excluding carboxylic acids is 1. The summed E-state index contributed by atoms with van der Waals surface area (Å²) in [4.78, 5) is 17.1. The molecule has 1 aromatic heterocycles. The van der Waals surface area contributed by atoms with Gasteiger partial charge in [-0.3, -0.25) is 4.79 Å². The van der Waals surface area contributed by atoms with Crippen molar-refractivity contribution in [1.29, 1.82) is 0 Å². The van der Waals surface area contributed by atoms with E-state index in [0.29, 0.717) is 29.8 Å². The number of nitrogens with one attached hydrogen (secondary N) is 1. The van der Waals surface area contributed by atoms with Crippen molar-refractivity contribution in [1.82, 2.24) is 5.32 Å². The van der Waals surface area contributed by atoms with Crippen LogP contribution in [0.4, 0.5) is 10.1 Å². The van der Waals surface area contributed by atoms with E-state index in [-0.39, 0.29) is 34.7 Å². The van der Waals surface area contributed by atoms with Crippen molar-refractivity contribution in [2.75, 3.05) is 13.2 Å². The molecule has 0 aliphatic carbocycles. The largest absolute Gasteiger partial charge is 0.508 e. The maximum absolute atomic E-state index is 13.2. The van der Waals surface area contributed by atoms with Crippen LogP contribution in [0.3, 0.4) is 0 Å². The average molecular weight is 382 g/mol. The Morgan fingerprint density at radius 3 is 2.79 bits per heavy atom. The Labute approximate surface area is 160 Å². The summed E-state index contributed by atoms with van der Waals surface area (Å²) in [5, 5.41) is 13.2. The first-order valence-electron chi connectivity index (χ1n) is 9.05. The Kier molecular flexibility index (Phi) is 5.08. The van der Waals surface area contributed by atoms with Crippen molar-refractivity contribution >= 4 is 22.6 Å². The van der Waals surface area contributed by atoms with Crippen LogP contribution < -0.4 is 10.9 Å². The molecule has 0 saturated carbocycles. The van der Waals surface area contributed by atoms with E-state index in [0.717, 1.165) is 12.8 Å². The third kappa shape index (κ3) is 4.04. The second-order valence-corrected chi connectivity index (χ2v) is 6.62. The molecule has 1 fully saturated rings. The molecular weight excluding hydrogens is 363 g/mol. The average Bonchev–Trinajstić information content (AvgIpc) is 3.21. The van der Waals surface area contributed by atoms with Gasteiger partial charge in [0.2, 0.25) is 5.55 Å². The van der Waals surface area contributed by atoms with Gasteiger partial charge in [0.05, 0.1) is 11.8 Å². The first-order chi connectivity index (χ1) is 13.6. The molecular formula is C21H19FN2O4. The van der Waals surface area contributed by atoms with Crippen LogP contribution in [0.25, 0.3) is 11.0 Å². The Morgan fingerprint density at radius 2 is 2.04 bits per heavy atom. The van der Waals surface area contributed by atoms with E-state index >= 15 is 0 Å². The van der Waals surface area contributed by atoms with E-state index in [4.69, 9.17) is 9.15 Å². The lowest BCUT2D eigenvalue weighted by atomic mass is 10.1. The number of ether oxygens (including phenoxy) is 1. The first-order valence-corrected chi connectivity index (χ1v) is 9.05. The van der Waals surface area contributed by atoms with E-state index in [1.54, 1.807) is 12.1 Å². The fraction of sp³-hybridized carbons (Fsp3) is 0.238. The number of aromatic hydroxyl groups is 1. The smallest absolute Gasteiger partial charge is 0.256 e. The minimum Gasteiger partial charge on any atom is -0.508 e. The van der Waals surface area contributed by atoms with Crippen molar-refractivity contribution in [3.8, 4) is 5.75 Å². The number of fused-ring (bicyclic) bond motifs is 1. The predicted octanol–water partition coefficient (Wildman–Crippen LogP) is 3.42. The van der Waals surface area contributed by atoms with E-state index in [1.165, 1.54) is 36.4 Å². The van der Waals surface area contributed by atoms with Gasteiger partial charge in [0.1, 0.15) is 22.7 Å². The van der Waals surface area contributed by atoms with Gasteiger partial charge in [0.25, 0.3) is 5.91 Å². The summed E-state index contributed by atoms with van der Waals surface area (Å²) < 4.78 is 24.5. The molecule has 1 atom stereocenters. The van der Waals surface area contributed by atoms with Gasteiger partial charge in [-0.2, -0.15) is 0 Å². The van der Waals surface area contributed by atoms with Crippen molar-refractivity contribution in [2.24, 2.45) is 4.99 Å². The standard InChI is InChI=1S/C21H19FN2O4/c22-14-4-6-15(7-5-14)24-21-18(20(26)23-12-17-2-1-9-27-17)10-13-3-8-16(25)11-19(13)28-21/h3-8,10-11,17,25H,1-2,9,12H2,(H,23,26). The van der Waals surface area contributed by atoms with Crippen molar-refractivity contribution in [3.63, 3.8) is 0 Å². The molecule has 144 valence electrons. The lowest BCUT2D eigenvalue weighted by Crippen LogP contribution is -2.34. The summed E-state index contributed by atoms with van der Waals surface area (Å²) in [6.07, 6.45) is 1.91. The van der Waals surface area contributed by atoms with Gasteiger partial charge in [-0.05, 0) is 55.3 Å². The minimum atomic E-state index is -0.381. The van der Waals surface area contributed by atoms with Crippen molar-refractivity contribution in [2.45, 2.75) is 18.9 Å². The van der Waals surface area contributed by atoms with Crippen LogP contribution in [-0.2, 0) is 4.74 Å². The number of amides is 1. The normalized spacial score (nSPS) is 17.2. The second kappa shape index (κ2) is 7.82. The molecule has 7 heteroatoms. The molecule has 1 saturated heterocycles. The van der Waals surface area contributed by atoms with Crippen LogP contribution in [0.2, 0.25) is 0 Å². The lowest BCUT2D eigenvalue weighted by molar-refractivity contribution is 0.0854. The third-order valence-corrected chi connectivity index (χ3v) is 4.55. The third-order valence-electron chi connectivity index (χ3n) is 4.55. The Hall–Kier alpha value is -3.19. The van der Waals surface area contributed by atoms with Gasteiger partial charge in [-0.1, -0.05) is 0 Å². The number of hydrogen-bond donors (Lipinski definition) is 2. The van der Waals surface area contributed by atoms with E-state index in [2.05, 4.69) is 10.3 Å². The van der Waals surface area contributed by atoms with E-state index in [9.17, 15) is 14.3 Å². The Bertz CT molecular complexity index is 1070. The molecule has 2 aromatic carbocycles. The molecule has 3 aromatic rings. The number of carbonyl (C=O) groups is 1. The van der Waals surface area contributed by atoms with Crippen LogP contribution in [0.5, 0.6) is 5.75 Å². The zero-order valence-electron chi connectivity index (χ0n) is 15.0. The Balaban J connectivity index is 1.74. The zero-order chi connectivity index (χ0) is 19.5. The monoisotopic (exact) mass is 382 g/mol. The highest BCUT2D eigenvalue weighted by Crippen LogP contribution is 2.20. The van der Waals surface area contributed by atoms with Gasteiger partial charge >= 0.3 is 0 Å². The summed E-state index contributed by atoms with van der Waals surface area (Å²) >= 11 is 0. The SMILES string of the molecule is O=C(NCC1CCCO1)c1cc2ccc(O)cc2oc1=Nc1ccc(F)cc1. The molecule has 0 radical (unpaired) electrons. The molecule has 2 N–H and O–H groups in total. The van der Waals surface area contributed by atoms with Gasteiger partial charge in [-0.25, -0.2) is 9.38 Å². The highest BCUT2D eigenvalue weighted by Gasteiger charge is 2.18. The van der Waals surface area contributed by atoms with Crippen LogP contribution in [-0.4, -0.2) is 30.3 Å². The topological polar surface area (TPSA) is 84.1 Å². The first kappa shape index (κ1) is 18.2. The van der Waals surface area contributed by atoms with Crippen molar-refractivity contribution in [3.05, 3.63) is 65.5 Å². The molecule has 2 heterocycles. The highest BCUT2D eigenvalue weighted by molar-refractivity contribution is 5.96. The zero-order valence-corrected chi connectivity index (χ0v) is 15.0. The molecule has 28 heavy (non-hydrogen) atoms. The van der Waals surface area contributed by atoms with Crippen LogP contribution >= 0.6 is 0 Å². The number of rotatable bonds is 4. The second-order valence-electron chi connectivity index (χ2n) is 6.62.